The summed E-state index contributed by atoms with van der Waals surface area (Å²) in [6, 6.07) is 8.63. The standard InChI is InChI=1S/C20H32O3Si/c1-19(2,3)24(5,6)23-13-15-9-7-8-10-17(15)20(21-4,16-11-12-16)18-14-22-18/h7-10,16,18H,11-14H2,1-6H3/t18-,20-/m1/s1. The molecular weight excluding hydrogens is 316 g/mol. The summed E-state index contributed by atoms with van der Waals surface area (Å²) in [7, 11) is 0.0637. The van der Waals surface area contributed by atoms with Crippen molar-refractivity contribution in [2.24, 2.45) is 5.92 Å². The van der Waals surface area contributed by atoms with E-state index in [0.717, 1.165) is 6.61 Å². The van der Waals surface area contributed by atoms with Crippen molar-refractivity contribution in [3.63, 3.8) is 0 Å². The fourth-order valence-electron chi connectivity index (χ4n) is 3.37. The average Bonchev–Trinajstić information content (AvgIpc) is 3.38. The van der Waals surface area contributed by atoms with Crippen LogP contribution in [-0.4, -0.2) is 28.1 Å². The molecule has 0 aromatic heterocycles. The lowest BCUT2D eigenvalue weighted by molar-refractivity contribution is -0.0573. The monoisotopic (exact) mass is 348 g/mol. The Morgan fingerprint density at radius 1 is 1.17 bits per heavy atom. The molecule has 0 bridgehead atoms. The molecule has 1 saturated carbocycles. The summed E-state index contributed by atoms with van der Waals surface area (Å²) in [6.07, 6.45) is 2.65. The van der Waals surface area contributed by atoms with Gasteiger partial charge in [0, 0.05) is 7.11 Å². The minimum absolute atomic E-state index is 0.198. The van der Waals surface area contributed by atoms with Gasteiger partial charge in [-0.25, -0.2) is 0 Å². The third kappa shape index (κ3) is 3.21. The predicted octanol–water partition coefficient (Wildman–Crippen LogP) is 4.86. The van der Waals surface area contributed by atoms with E-state index in [4.69, 9.17) is 13.9 Å². The summed E-state index contributed by atoms with van der Waals surface area (Å²) < 4.78 is 18.4. The molecule has 0 unspecified atom stereocenters. The van der Waals surface area contributed by atoms with Crippen LogP contribution in [0.5, 0.6) is 0 Å². The third-order valence-electron chi connectivity index (χ3n) is 6.17. The normalized spacial score (nSPS) is 23.8. The molecule has 1 aliphatic carbocycles. The van der Waals surface area contributed by atoms with Gasteiger partial charge in [0.05, 0.1) is 13.2 Å². The SMILES string of the molecule is CO[C@@](c1ccccc1CO[Si](C)(C)C(C)(C)C)(C1CC1)[C@H]1CO1. The summed E-state index contributed by atoms with van der Waals surface area (Å²) in [5.74, 6) is 0.573. The molecule has 134 valence electrons. The summed E-state index contributed by atoms with van der Waals surface area (Å²) in [6.45, 7) is 12.9. The van der Waals surface area contributed by atoms with Crippen molar-refractivity contribution in [1.29, 1.82) is 0 Å². The summed E-state index contributed by atoms with van der Waals surface area (Å²) >= 11 is 0. The molecule has 1 aromatic carbocycles. The van der Waals surface area contributed by atoms with Crippen LogP contribution in [0, 0.1) is 5.92 Å². The van der Waals surface area contributed by atoms with Crippen LogP contribution in [-0.2, 0) is 26.1 Å². The molecule has 0 N–H and O–H groups in total. The Bertz CT molecular complexity index is 571. The van der Waals surface area contributed by atoms with Gasteiger partial charge in [0.25, 0.3) is 0 Å². The highest BCUT2D eigenvalue weighted by Gasteiger charge is 2.58. The number of hydrogen-bond donors (Lipinski definition) is 0. The average molecular weight is 349 g/mol. The van der Waals surface area contributed by atoms with Crippen LogP contribution in [0.15, 0.2) is 24.3 Å². The quantitative estimate of drug-likeness (QED) is 0.521. The van der Waals surface area contributed by atoms with Crippen molar-refractivity contribution in [3.05, 3.63) is 35.4 Å². The van der Waals surface area contributed by atoms with E-state index in [-0.39, 0.29) is 16.7 Å². The van der Waals surface area contributed by atoms with E-state index in [2.05, 4.69) is 58.1 Å². The number of epoxide rings is 1. The Labute approximate surface area is 147 Å². The zero-order valence-corrected chi connectivity index (χ0v) is 17.0. The first kappa shape index (κ1) is 18.1. The second-order valence-electron chi connectivity index (χ2n) is 8.80. The number of methoxy groups -OCH3 is 1. The maximum Gasteiger partial charge on any atom is 0.192 e. The topological polar surface area (TPSA) is 31.0 Å². The van der Waals surface area contributed by atoms with Crippen molar-refractivity contribution in [2.75, 3.05) is 13.7 Å². The van der Waals surface area contributed by atoms with E-state index in [1.807, 2.05) is 7.11 Å². The van der Waals surface area contributed by atoms with Gasteiger partial charge in [0.15, 0.2) is 8.32 Å². The lowest BCUT2D eigenvalue weighted by atomic mass is 9.82. The van der Waals surface area contributed by atoms with Gasteiger partial charge in [0.2, 0.25) is 0 Å². The Morgan fingerprint density at radius 3 is 2.29 bits per heavy atom. The smallest absolute Gasteiger partial charge is 0.192 e. The largest absolute Gasteiger partial charge is 0.413 e. The van der Waals surface area contributed by atoms with Crippen LogP contribution < -0.4 is 0 Å². The van der Waals surface area contributed by atoms with E-state index in [0.29, 0.717) is 12.5 Å². The first-order valence-corrected chi connectivity index (χ1v) is 12.0. The summed E-state index contributed by atoms with van der Waals surface area (Å²) in [5.41, 5.74) is 2.25. The van der Waals surface area contributed by atoms with E-state index < -0.39 is 8.32 Å². The van der Waals surface area contributed by atoms with Crippen LogP contribution in [0.2, 0.25) is 18.1 Å². The maximum absolute atomic E-state index is 6.50. The second kappa shape index (κ2) is 6.24. The van der Waals surface area contributed by atoms with Crippen LogP contribution in [0.25, 0.3) is 0 Å². The van der Waals surface area contributed by atoms with Crippen molar-refractivity contribution in [2.45, 2.75) is 70.1 Å². The fraction of sp³-hybridized carbons (Fsp3) is 0.700. The molecule has 3 nitrogen and oxygen atoms in total. The molecular formula is C20H32O3Si. The highest BCUT2D eigenvalue weighted by Crippen LogP contribution is 2.54. The number of hydrogen-bond acceptors (Lipinski definition) is 3. The van der Waals surface area contributed by atoms with Gasteiger partial charge in [-0.3, -0.25) is 0 Å². The molecule has 1 aromatic rings. The lowest BCUT2D eigenvalue weighted by Gasteiger charge is -2.38. The first-order chi connectivity index (χ1) is 11.2. The number of ether oxygens (including phenoxy) is 2. The van der Waals surface area contributed by atoms with Crippen LogP contribution in [0.3, 0.4) is 0 Å². The number of rotatable bonds is 7. The Kier molecular flexibility index (Phi) is 4.71. The minimum Gasteiger partial charge on any atom is -0.413 e. The molecule has 0 spiro atoms. The van der Waals surface area contributed by atoms with Gasteiger partial charge in [-0.1, -0.05) is 45.0 Å². The molecule has 2 fully saturated rings. The molecule has 1 heterocycles. The Morgan fingerprint density at radius 2 is 1.79 bits per heavy atom. The van der Waals surface area contributed by atoms with E-state index in [1.54, 1.807) is 0 Å². The van der Waals surface area contributed by atoms with Crippen molar-refractivity contribution < 1.29 is 13.9 Å². The molecule has 4 heteroatoms. The van der Waals surface area contributed by atoms with Gasteiger partial charge in [-0.05, 0) is 48.0 Å². The van der Waals surface area contributed by atoms with Gasteiger partial charge in [0.1, 0.15) is 11.7 Å². The van der Waals surface area contributed by atoms with Crippen molar-refractivity contribution in [1.82, 2.24) is 0 Å². The van der Waals surface area contributed by atoms with Gasteiger partial charge < -0.3 is 13.9 Å². The molecule has 0 radical (unpaired) electrons. The predicted molar refractivity (Wildman–Crippen MR) is 99.6 cm³/mol. The molecule has 24 heavy (non-hydrogen) atoms. The maximum atomic E-state index is 6.50. The summed E-state index contributed by atoms with van der Waals surface area (Å²) in [4.78, 5) is 0. The van der Waals surface area contributed by atoms with Gasteiger partial charge >= 0.3 is 0 Å². The van der Waals surface area contributed by atoms with E-state index in [9.17, 15) is 0 Å². The van der Waals surface area contributed by atoms with Crippen LogP contribution in [0.4, 0.5) is 0 Å². The molecule has 0 amide bonds. The van der Waals surface area contributed by atoms with Crippen molar-refractivity contribution in [3.8, 4) is 0 Å². The molecule has 3 rings (SSSR count). The second-order valence-corrected chi connectivity index (χ2v) is 13.6. The zero-order valence-electron chi connectivity index (χ0n) is 16.0. The van der Waals surface area contributed by atoms with Gasteiger partial charge in [-0.2, -0.15) is 0 Å². The summed E-state index contributed by atoms with van der Waals surface area (Å²) in [5, 5.41) is 0.219. The molecule has 2 atom stereocenters. The third-order valence-corrected chi connectivity index (χ3v) is 10.6. The van der Waals surface area contributed by atoms with Gasteiger partial charge in [-0.15, -0.1) is 0 Å². The van der Waals surface area contributed by atoms with Crippen molar-refractivity contribution >= 4 is 8.32 Å². The fourth-order valence-corrected chi connectivity index (χ4v) is 4.32. The van der Waals surface area contributed by atoms with E-state index in [1.165, 1.54) is 24.0 Å². The molecule has 1 saturated heterocycles. The Hall–Kier alpha value is -0.683. The zero-order chi connectivity index (χ0) is 17.6. The van der Waals surface area contributed by atoms with Crippen LogP contribution in [0.1, 0.15) is 44.7 Å². The van der Waals surface area contributed by atoms with E-state index >= 15 is 0 Å². The minimum atomic E-state index is -1.78. The Balaban J connectivity index is 1.88. The molecule has 1 aliphatic heterocycles. The molecule has 2 aliphatic rings. The first-order valence-electron chi connectivity index (χ1n) is 9.11. The van der Waals surface area contributed by atoms with Crippen LogP contribution >= 0.6 is 0 Å². The highest BCUT2D eigenvalue weighted by atomic mass is 28.4. The highest BCUT2D eigenvalue weighted by molar-refractivity contribution is 6.74. The lowest BCUT2D eigenvalue weighted by Crippen LogP contribution is -2.41. The number of benzene rings is 1.